The molecule has 8 heteroatoms. The highest BCUT2D eigenvalue weighted by Gasteiger charge is 2.37. The molecule has 2 aromatic rings. The van der Waals surface area contributed by atoms with E-state index in [1.165, 1.54) is 15.6 Å². The molecule has 1 saturated carbocycles. The highest BCUT2D eigenvalue weighted by atomic mass is 19.3. The van der Waals surface area contributed by atoms with Crippen LogP contribution in [0, 0.1) is 5.92 Å². The molecule has 1 aliphatic rings. The molecule has 0 spiro atoms. The summed E-state index contributed by atoms with van der Waals surface area (Å²) in [4.78, 5) is 28.5. The summed E-state index contributed by atoms with van der Waals surface area (Å²) < 4.78 is 28.9. The normalized spacial score (nSPS) is 18.7. The van der Waals surface area contributed by atoms with E-state index >= 15 is 0 Å². The van der Waals surface area contributed by atoms with Gasteiger partial charge in [-0.2, -0.15) is 5.10 Å². The second kappa shape index (κ2) is 5.26. The fraction of sp³-hybridized carbons (Fsp3) is 0.571. The van der Waals surface area contributed by atoms with Crippen LogP contribution in [-0.2, 0) is 18.4 Å². The fourth-order valence-corrected chi connectivity index (χ4v) is 2.83. The quantitative estimate of drug-likeness (QED) is 0.862. The number of fused-ring (bicyclic) bond motifs is 1. The van der Waals surface area contributed by atoms with Crippen LogP contribution in [0.4, 0.5) is 8.78 Å². The van der Waals surface area contributed by atoms with E-state index in [9.17, 15) is 18.4 Å². The molecule has 1 fully saturated rings. The van der Waals surface area contributed by atoms with Crippen LogP contribution in [0.1, 0.15) is 25.7 Å². The lowest BCUT2D eigenvalue weighted by Crippen LogP contribution is -2.32. The summed E-state index contributed by atoms with van der Waals surface area (Å²) in [5.74, 6) is -3.26. The summed E-state index contributed by atoms with van der Waals surface area (Å²) in [5, 5.41) is 4.36. The largest absolute Gasteiger partial charge is 0.297 e. The molecule has 118 valence electrons. The molecule has 0 bridgehead atoms. The minimum absolute atomic E-state index is 0.132. The Morgan fingerprint density at radius 1 is 1.41 bits per heavy atom. The van der Waals surface area contributed by atoms with Crippen LogP contribution in [0.25, 0.3) is 11.0 Å². The molecule has 0 saturated heterocycles. The lowest BCUT2D eigenvalue weighted by Gasteiger charge is -2.27. The van der Waals surface area contributed by atoms with Crippen LogP contribution in [0.3, 0.4) is 0 Å². The number of alkyl halides is 2. The van der Waals surface area contributed by atoms with Crippen LogP contribution >= 0.6 is 0 Å². The summed E-state index contributed by atoms with van der Waals surface area (Å²) >= 11 is 0. The topological polar surface area (TPSA) is 69.8 Å². The highest BCUT2D eigenvalue weighted by molar-refractivity contribution is 5.81. The van der Waals surface area contributed by atoms with Crippen molar-refractivity contribution < 1.29 is 13.6 Å². The third-order valence-corrected chi connectivity index (χ3v) is 4.12. The Hall–Kier alpha value is -2.12. The molecule has 0 radical (unpaired) electrons. The zero-order valence-electron chi connectivity index (χ0n) is 12.1. The molecular weight excluding hydrogens is 294 g/mol. The van der Waals surface area contributed by atoms with Crippen LogP contribution in [-0.4, -0.2) is 31.0 Å². The number of aryl methyl sites for hydroxylation is 1. The maximum absolute atomic E-state index is 13.1. The van der Waals surface area contributed by atoms with Gasteiger partial charge in [-0.1, -0.05) is 0 Å². The van der Waals surface area contributed by atoms with Crippen molar-refractivity contribution >= 4 is 16.8 Å². The monoisotopic (exact) mass is 310 g/mol. The first-order valence-corrected chi connectivity index (χ1v) is 7.15. The van der Waals surface area contributed by atoms with Gasteiger partial charge in [0.25, 0.3) is 5.56 Å². The van der Waals surface area contributed by atoms with Crippen molar-refractivity contribution in [2.24, 2.45) is 13.0 Å². The van der Waals surface area contributed by atoms with Crippen LogP contribution < -0.4 is 5.56 Å². The molecule has 0 unspecified atom stereocenters. The van der Waals surface area contributed by atoms with Gasteiger partial charge in [0.2, 0.25) is 5.92 Å². The first-order chi connectivity index (χ1) is 10.4. The maximum Gasteiger partial charge on any atom is 0.264 e. The van der Waals surface area contributed by atoms with Gasteiger partial charge in [-0.3, -0.25) is 18.8 Å². The third kappa shape index (κ3) is 2.77. The predicted octanol–water partition coefficient (Wildman–Crippen LogP) is 1.52. The van der Waals surface area contributed by atoms with Crippen molar-refractivity contribution in [1.29, 1.82) is 0 Å². The number of ketones is 1. The summed E-state index contributed by atoms with van der Waals surface area (Å²) in [7, 11) is 1.68. The molecule has 2 aromatic heterocycles. The molecule has 0 atom stereocenters. The third-order valence-electron chi connectivity index (χ3n) is 4.12. The predicted molar refractivity (Wildman–Crippen MR) is 74.7 cm³/mol. The van der Waals surface area contributed by atoms with Crippen LogP contribution in [0.2, 0.25) is 0 Å². The molecule has 0 aliphatic heterocycles. The second-order valence-corrected chi connectivity index (χ2v) is 5.81. The number of Topliss-reactive ketones (excluding diaryl/α,β-unsaturated/α-hetero) is 1. The van der Waals surface area contributed by atoms with Gasteiger partial charge >= 0.3 is 0 Å². The molecule has 2 heterocycles. The Bertz CT molecular complexity index is 771. The van der Waals surface area contributed by atoms with Crippen molar-refractivity contribution in [2.45, 2.75) is 38.2 Å². The summed E-state index contributed by atoms with van der Waals surface area (Å²) in [6.45, 7) is -0.132. The van der Waals surface area contributed by atoms with Gasteiger partial charge in [-0.15, -0.1) is 0 Å². The van der Waals surface area contributed by atoms with E-state index in [4.69, 9.17) is 0 Å². The van der Waals surface area contributed by atoms with Crippen molar-refractivity contribution in [3.05, 3.63) is 22.9 Å². The lowest BCUT2D eigenvalue weighted by atomic mass is 9.84. The Morgan fingerprint density at radius 3 is 2.77 bits per heavy atom. The zero-order chi connectivity index (χ0) is 15.9. The molecule has 0 amide bonds. The Labute approximate surface area is 124 Å². The van der Waals surface area contributed by atoms with Gasteiger partial charge in [0.05, 0.1) is 6.54 Å². The number of hydrogen-bond acceptors (Lipinski definition) is 4. The molecule has 6 nitrogen and oxygen atoms in total. The highest BCUT2D eigenvalue weighted by Crippen LogP contribution is 2.36. The average molecular weight is 310 g/mol. The van der Waals surface area contributed by atoms with Gasteiger partial charge in [-0.25, -0.2) is 13.8 Å². The number of rotatable bonds is 3. The molecule has 0 N–H and O–H groups in total. The Kier molecular flexibility index (Phi) is 3.54. The molecule has 22 heavy (non-hydrogen) atoms. The number of carbonyl (C=O) groups is 1. The molecule has 1 aliphatic carbocycles. The van der Waals surface area contributed by atoms with Crippen molar-refractivity contribution in [1.82, 2.24) is 19.3 Å². The summed E-state index contributed by atoms with van der Waals surface area (Å²) in [5.41, 5.74) is -0.0129. The van der Waals surface area contributed by atoms with E-state index in [2.05, 4.69) is 10.1 Å². The van der Waals surface area contributed by atoms with Crippen molar-refractivity contribution in [2.75, 3.05) is 0 Å². The number of carbonyl (C=O) groups excluding carboxylic acids is 1. The molecule has 0 aromatic carbocycles. The van der Waals surface area contributed by atoms with E-state index in [1.807, 2.05) is 0 Å². The first kappa shape index (κ1) is 14.8. The van der Waals surface area contributed by atoms with Gasteiger partial charge < -0.3 is 0 Å². The second-order valence-electron chi connectivity index (χ2n) is 5.81. The fourth-order valence-electron chi connectivity index (χ4n) is 2.83. The standard InChI is InChI=1S/C14H16F2N4O2/c1-19-6-10-12(18-19)17-8-20(13(10)22)7-11(21)9-2-4-14(15,16)5-3-9/h6,8-9H,2-5,7H2,1H3. The SMILES string of the molecule is Cn1cc2c(=O)n(CC(=O)C3CCC(F)(F)CC3)cnc2n1. The summed E-state index contributed by atoms with van der Waals surface area (Å²) in [6.07, 6.45) is 2.64. The van der Waals surface area contributed by atoms with Gasteiger partial charge in [0, 0.05) is 32.0 Å². The van der Waals surface area contributed by atoms with Gasteiger partial charge in [0.1, 0.15) is 11.7 Å². The van der Waals surface area contributed by atoms with E-state index in [-0.39, 0.29) is 43.6 Å². The van der Waals surface area contributed by atoms with Crippen LogP contribution in [0.5, 0.6) is 0 Å². The lowest BCUT2D eigenvalue weighted by molar-refractivity contribution is -0.127. The number of aromatic nitrogens is 4. The Morgan fingerprint density at radius 2 is 2.09 bits per heavy atom. The van der Waals surface area contributed by atoms with Crippen molar-refractivity contribution in [3.8, 4) is 0 Å². The van der Waals surface area contributed by atoms with E-state index in [1.54, 1.807) is 13.2 Å². The maximum atomic E-state index is 13.1. The zero-order valence-corrected chi connectivity index (χ0v) is 12.1. The summed E-state index contributed by atoms with van der Waals surface area (Å²) in [6, 6.07) is 0. The number of hydrogen-bond donors (Lipinski definition) is 0. The van der Waals surface area contributed by atoms with E-state index in [0.717, 1.165) is 0 Å². The first-order valence-electron chi connectivity index (χ1n) is 7.15. The molecular formula is C14H16F2N4O2. The number of nitrogens with zero attached hydrogens (tertiary/aromatic N) is 4. The van der Waals surface area contributed by atoms with Crippen LogP contribution in [0.15, 0.2) is 17.3 Å². The minimum Gasteiger partial charge on any atom is -0.297 e. The number of halogens is 2. The van der Waals surface area contributed by atoms with E-state index in [0.29, 0.717) is 11.0 Å². The average Bonchev–Trinajstić information content (AvgIpc) is 2.83. The van der Waals surface area contributed by atoms with Crippen molar-refractivity contribution in [3.63, 3.8) is 0 Å². The molecule has 3 rings (SSSR count). The smallest absolute Gasteiger partial charge is 0.264 e. The minimum atomic E-state index is -2.66. The van der Waals surface area contributed by atoms with Gasteiger partial charge in [0.15, 0.2) is 11.4 Å². The van der Waals surface area contributed by atoms with E-state index < -0.39 is 11.8 Å². The van der Waals surface area contributed by atoms with Gasteiger partial charge in [-0.05, 0) is 12.8 Å². The Balaban J connectivity index is 1.77.